The summed E-state index contributed by atoms with van der Waals surface area (Å²) < 4.78 is 0. The van der Waals surface area contributed by atoms with Crippen LogP contribution in [0.2, 0.25) is 0 Å². The zero-order chi connectivity index (χ0) is 12.6. The monoisotopic (exact) mass is 225 g/mol. The third-order valence-electron chi connectivity index (χ3n) is 2.64. The number of hydrogen-bond donors (Lipinski definition) is 1. The Hall–Kier alpha value is -1.08. The molecule has 0 aromatic heterocycles. The maximum atomic E-state index is 11.7. The van der Waals surface area contributed by atoms with E-state index in [1.165, 1.54) is 0 Å². The molecule has 1 amide bonds. The average Bonchev–Trinajstić information content (AvgIpc) is 2.24. The van der Waals surface area contributed by atoms with Crippen molar-refractivity contribution in [3.63, 3.8) is 0 Å². The molecule has 0 aromatic carbocycles. The lowest BCUT2D eigenvalue weighted by Crippen LogP contribution is -2.43. The first-order chi connectivity index (χ1) is 7.49. The van der Waals surface area contributed by atoms with Gasteiger partial charge in [-0.1, -0.05) is 13.8 Å². The maximum absolute atomic E-state index is 11.7. The Bertz CT molecular complexity index is 245. The smallest absolute Gasteiger partial charge is 0.237 e. The quantitative estimate of drug-likeness (QED) is 0.712. The predicted molar refractivity (Wildman–Crippen MR) is 64.8 cm³/mol. The molecule has 0 aliphatic rings. The fourth-order valence-electron chi connectivity index (χ4n) is 1.25. The molecule has 0 aromatic rings. The molecule has 0 spiro atoms. The first-order valence-electron chi connectivity index (χ1n) is 5.84. The topological polar surface area (TPSA) is 56.1 Å². The molecule has 16 heavy (non-hydrogen) atoms. The first kappa shape index (κ1) is 14.9. The molecular weight excluding hydrogens is 202 g/mol. The first-order valence-corrected chi connectivity index (χ1v) is 5.84. The van der Waals surface area contributed by atoms with Gasteiger partial charge < -0.3 is 5.32 Å². The zero-order valence-electron chi connectivity index (χ0n) is 10.8. The van der Waals surface area contributed by atoms with Crippen molar-refractivity contribution in [1.29, 1.82) is 5.26 Å². The van der Waals surface area contributed by atoms with Crippen molar-refractivity contribution < 1.29 is 4.79 Å². The van der Waals surface area contributed by atoms with Crippen LogP contribution in [0.3, 0.4) is 0 Å². The van der Waals surface area contributed by atoms with Crippen molar-refractivity contribution in [2.24, 2.45) is 5.92 Å². The minimum absolute atomic E-state index is 0.0427. The normalized spacial score (nSPS) is 12.6. The lowest BCUT2D eigenvalue weighted by atomic mass is 10.1. The third-order valence-corrected chi connectivity index (χ3v) is 2.64. The van der Waals surface area contributed by atoms with Gasteiger partial charge in [0, 0.05) is 19.5 Å². The number of amides is 1. The van der Waals surface area contributed by atoms with Crippen molar-refractivity contribution >= 4 is 5.91 Å². The maximum Gasteiger partial charge on any atom is 0.237 e. The molecule has 0 aliphatic carbocycles. The third kappa shape index (κ3) is 6.41. The van der Waals surface area contributed by atoms with Crippen molar-refractivity contribution in [2.75, 3.05) is 20.1 Å². The minimum atomic E-state index is -0.166. The van der Waals surface area contributed by atoms with E-state index in [-0.39, 0.29) is 11.9 Å². The van der Waals surface area contributed by atoms with Crippen LogP contribution in [-0.2, 0) is 4.79 Å². The van der Waals surface area contributed by atoms with Gasteiger partial charge in [-0.25, -0.2) is 0 Å². The summed E-state index contributed by atoms with van der Waals surface area (Å²) in [4.78, 5) is 13.6. The fourth-order valence-corrected chi connectivity index (χ4v) is 1.25. The van der Waals surface area contributed by atoms with Crippen LogP contribution in [0.5, 0.6) is 0 Å². The van der Waals surface area contributed by atoms with Crippen LogP contribution in [0.1, 0.15) is 33.6 Å². The summed E-state index contributed by atoms with van der Waals surface area (Å²) in [5.41, 5.74) is 0. The van der Waals surface area contributed by atoms with Gasteiger partial charge in [-0.05, 0) is 26.3 Å². The van der Waals surface area contributed by atoms with Gasteiger partial charge in [0.15, 0.2) is 0 Å². The highest BCUT2D eigenvalue weighted by atomic mass is 16.2. The van der Waals surface area contributed by atoms with Crippen LogP contribution in [0.25, 0.3) is 0 Å². The molecule has 92 valence electrons. The SMILES string of the molecule is CC(C)CCNC(=O)C(C)N(C)CCC#N. The number of likely N-dealkylation sites (N-methyl/N-ethyl adjacent to an activating group) is 1. The molecule has 0 fully saturated rings. The Morgan fingerprint density at radius 1 is 1.44 bits per heavy atom. The number of carbonyl (C=O) groups is 1. The van der Waals surface area contributed by atoms with E-state index in [4.69, 9.17) is 5.26 Å². The largest absolute Gasteiger partial charge is 0.355 e. The summed E-state index contributed by atoms with van der Waals surface area (Å²) in [5.74, 6) is 0.646. The summed E-state index contributed by atoms with van der Waals surface area (Å²) in [6.45, 7) is 7.49. The summed E-state index contributed by atoms with van der Waals surface area (Å²) in [5, 5.41) is 11.4. The van der Waals surface area contributed by atoms with Crippen LogP contribution in [0, 0.1) is 17.2 Å². The van der Waals surface area contributed by atoms with E-state index in [0.717, 1.165) is 13.0 Å². The highest BCUT2D eigenvalue weighted by Gasteiger charge is 2.16. The Labute approximate surface area is 98.6 Å². The molecule has 1 unspecified atom stereocenters. The fraction of sp³-hybridized carbons (Fsp3) is 0.833. The van der Waals surface area contributed by atoms with E-state index in [9.17, 15) is 4.79 Å². The average molecular weight is 225 g/mol. The summed E-state index contributed by atoms with van der Waals surface area (Å²) in [7, 11) is 1.87. The van der Waals surface area contributed by atoms with Gasteiger partial charge in [-0.2, -0.15) is 5.26 Å². The van der Waals surface area contributed by atoms with Gasteiger partial charge in [0.1, 0.15) is 0 Å². The van der Waals surface area contributed by atoms with Gasteiger partial charge in [-0.15, -0.1) is 0 Å². The highest BCUT2D eigenvalue weighted by Crippen LogP contribution is 1.99. The second-order valence-corrected chi connectivity index (χ2v) is 4.54. The standard InChI is InChI=1S/C12H23N3O/c1-10(2)6-8-14-12(16)11(3)15(4)9-5-7-13/h10-11H,5-6,8-9H2,1-4H3,(H,14,16). The molecule has 0 rings (SSSR count). The Kier molecular flexibility index (Phi) is 7.57. The molecule has 0 radical (unpaired) electrons. The number of carbonyl (C=O) groups excluding carboxylic acids is 1. The van der Waals surface area contributed by atoms with Crippen molar-refractivity contribution in [1.82, 2.24) is 10.2 Å². The van der Waals surface area contributed by atoms with Crippen LogP contribution in [0.15, 0.2) is 0 Å². The van der Waals surface area contributed by atoms with Crippen molar-refractivity contribution in [3.05, 3.63) is 0 Å². The Morgan fingerprint density at radius 2 is 2.06 bits per heavy atom. The molecule has 0 saturated heterocycles. The minimum Gasteiger partial charge on any atom is -0.355 e. The second-order valence-electron chi connectivity index (χ2n) is 4.54. The molecular formula is C12H23N3O. The van der Waals surface area contributed by atoms with Gasteiger partial charge in [-0.3, -0.25) is 9.69 Å². The molecule has 0 heterocycles. The lowest BCUT2D eigenvalue weighted by Gasteiger charge is -2.22. The second kappa shape index (κ2) is 8.12. The highest BCUT2D eigenvalue weighted by molar-refractivity contribution is 5.81. The van der Waals surface area contributed by atoms with Gasteiger partial charge >= 0.3 is 0 Å². The summed E-state index contributed by atoms with van der Waals surface area (Å²) in [6, 6.07) is 1.91. The Balaban J connectivity index is 3.84. The molecule has 1 N–H and O–H groups in total. The summed E-state index contributed by atoms with van der Waals surface area (Å²) >= 11 is 0. The Morgan fingerprint density at radius 3 is 2.56 bits per heavy atom. The molecule has 0 aliphatic heterocycles. The number of nitrogens with zero attached hydrogens (tertiary/aromatic N) is 2. The van der Waals surface area contributed by atoms with E-state index in [1.54, 1.807) is 0 Å². The molecule has 0 bridgehead atoms. The van der Waals surface area contributed by atoms with Gasteiger partial charge in [0.2, 0.25) is 5.91 Å². The van der Waals surface area contributed by atoms with Crippen LogP contribution >= 0.6 is 0 Å². The van der Waals surface area contributed by atoms with E-state index in [1.807, 2.05) is 18.9 Å². The van der Waals surface area contributed by atoms with Gasteiger partial charge in [0.25, 0.3) is 0 Å². The molecule has 1 atom stereocenters. The van der Waals surface area contributed by atoms with E-state index < -0.39 is 0 Å². The van der Waals surface area contributed by atoms with Crippen molar-refractivity contribution in [2.45, 2.75) is 39.7 Å². The van der Waals surface area contributed by atoms with E-state index >= 15 is 0 Å². The van der Waals surface area contributed by atoms with Crippen LogP contribution < -0.4 is 5.32 Å². The number of hydrogen-bond acceptors (Lipinski definition) is 3. The zero-order valence-corrected chi connectivity index (χ0v) is 10.8. The van der Waals surface area contributed by atoms with E-state index in [0.29, 0.717) is 18.9 Å². The molecule has 4 nitrogen and oxygen atoms in total. The molecule has 4 heteroatoms. The number of nitrogens with one attached hydrogen (secondary N) is 1. The lowest BCUT2D eigenvalue weighted by molar-refractivity contribution is -0.125. The number of nitriles is 1. The van der Waals surface area contributed by atoms with Crippen LogP contribution in [-0.4, -0.2) is 37.0 Å². The number of rotatable bonds is 7. The van der Waals surface area contributed by atoms with E-state index in [2.05, 4.69) is 25.2 Å². The van der Waals surface area contributed by atoms with Gasteiger partial charge in [0.05, 0.1) is 12.1 Å². The van der Waals surface area contributed by atoms with Crippen molar-refractivity contribution in [3.8, 4) is 6.07 Å². The predicted octanol–water partition coefficient (Wildman–Crippen LogP) is 1.38. The molecule has 0 saturated carbocycles. The summed E-state index contributed by atoms with van der Waals surface area (Å²) in [6.07, 6.45) is 1.46. The van der Waals surface area contributed by atoms with Crippen LogP contribution in [0.4, 0.5) is 0 Å².